The first-order valence-corrected chi connectivity index (χ1v) is 6.74. The number of nitrogens with zero attached hydrogens (tertiary/aromatic N) is 3. The molecule has 0 atom stereocenters. The summed E-state index contributed by atoms with van der Waals surface area (Å²) in [6.45, 7) is 3.73. The molecule has 2 aromatic heterocycles. The molecule has 0 radical (unpaired) electrons. The van der Waals surface area contributed by atoms with Gasteiger partial charge in [0.1, 0.15) is 5.69 Å². The topological polar surface area (TPSA) is 50.7 Å². The minimum Gasteiger partial charge on any atom is -0.307 e. The van der Waals surface area contributed by atoms with Crippen molar-refractivity contribution in [3.05, 3.63) is 53.5 Å². The van der Waals surface area contributed by atoms with Gasteiger partial charge in [0.25, 0.3) is 0 Å². The highest BCUT2D eigenvalue weighted by Crippen LogP contribution is 2.26. The molecule has 0 saturated carbocycles. The van der Waals surface area contributed by atoms with Crippen LogP contribution in [0.15, 0.2) is 36.5 Å². The number of rotatable bonds is 1. The molecule has 1 aromatic carbocycles. The van der Waals surface area contributed by atoms with Crippen molar-refractivity contribution >= 4 is 10.8 Å². The third-order valence-corrected chi connectivity index (χ3v) is 3.78. The van der Waals surface area contributed by atoms with E-state index in [0.717, 1.165) is 46.8 Å². The van der Waals surface area contributed by atoms with Gasteiger partial charge in [-0.15, -0.1) is 0 Å². The van der Waals surface area contributed by atoms with Gasteiger partial charge < -0.3 is 5.32 Å². The van der Waals surface area contributed by atoms with Crippen molar-refractivity contribution in [3.8, 4) is 11.5 Å². The molecule has 0 fully saturated rings. The number of benzene rings is 1. The second-order valence-electron chi connectivity index (χ2n) is 5.04. The molecule has 0 aliphatic carbocycles. The van der Waals surface area contributed by atoms with E-state index in [1.54, 1.807) is 0 Å². The predicted octanol–water partition coefficient (Wildman–Crippen LogP) is 2.60. The monoisotopic (exact) mass is 262 g/mol. The van der Waals surface area contributed by atoms with Crippen LogP contribution in [0, 0.1) is 6.92 Å². The van der Waals surface area contributed by atoms with Crippen molar-refractivity contribution in [2.24, 2.45) is 0 Å². The smallest absolute Gasteiger partial charge is 0.179 e. The SMILES string of the molecule is Cc1nc(-c2nccc3ccccc23)nc2c1CNC2. The van der Waals surface area contributed by atoms with Crippen LogP contribution in [-0.4, -0.2) is 15.0 Å². The lowest BCUT2D eigenvalue weighted by Crippen LogP contribution is -2.01. The Morgan fingerprint density at radius 1 is 1.05 bits per heavy atom. The minimum atomic E-state index is 0.724. The molecule has 3 heterocycles. The molecule has 4 rings (SSSR count). The van der Waals surface area contributed by atoms with Gasteiger partial charge in [-0.05, 0) is 18.4 Å². The van der Waals surface area contributed by atoms with Gasteiger partial charge in [-0.2, -0.15) is 0 Å². The zero-order chi connectivity index (χ0) is 13.5. The summed E-state index contributed by atoms with van der Waals surface area (Å²) in [5, 5.41) is 5.58. The number of hydrogen-bond donors (Lipinski definition) is 1. The van der Waals surface area contributed by atoms with Gasteiger partial charge in [-0.1, -0.05) is 24.3 Å². The third kappa shape index (κ3) is 1.69. The normalized spacial score (nSPS) is 13.7. The van der Waals surface area contributed by atoms with Crippen molar-refractivity contribution < 1.29 is 0 Å². The molecular weight excluding hydrogens is 248 g/mol. The fraction of sp³-hybridized carbons (Fsp3) is 0.188. The lowest BCUT2D eigenvalue weighted by Gasteiger charge is -2.08. The van der Waals surface area contributed by atoms with E-state index in [1.807, 2.05) is 31.3 Å². The predicted molar refractivity (Wildman–Crippen MR) is 78.0 cm³/mol. The van der Waals surface area contributed by atoms with Crippen LogP contribution in [0.2, 0.25) is 0 Å². The number of nitrogens with one attached hydrogen (secondary N) is 1. The quantitative estimate of drug-likeness (QED) is 0.732. The lowest BCUT2D eigenvalue weighted by atomic mass is 10.1. The van der Waals surface area contributed by atoms with Crippen LogP contribution in [0.3, 0.4) is 0 Å². The fourth-order valence-corrected chi connectivity index (χ4v) is 2.74. The van der Waals surface area contributed by atoms with Crippen molar-refractivity contribution in [1.82, 2.24) is 20.3 Å². The van der Waals surface area contributed by atoms with Crippen LogP contribution < -0.4 is 5.32 Å². The van der Waals surface area contributed by atoms with Crippen molar-refractivity contribution in [1.29, 1.82) is 0 Å². The fourth-order valence-electron chi connectivity index (χ4n) is 2.74. The molecule has 1 N–H and O–H groups in total. The summed E-state index contributed by atoms with van der Waals surface area (Å²) in [5.74, 6) is 0.724. The van der Waals surface area contributed by atoms with Crippen LogP contribution >= 0.6 is 0 Å². The molecule has 1 aliphatic rings. The second-order valence-corrected chi connectivity index (χ2v) is 5.04. The van der Waals surface area contributed by atoms with Crippen LogP contribution in [0.1, 0.15) is 17.0 Å². The summed E-state index contributed by atoms with van der Waals surface area (Å²) >= 11 is 0. The van der Waals surface area contributed by atoms with Gasteiger partial charge in [-0.25, -0.2) is 9.97 Å². The molecule has 0 saturated heterocycles. The third-order valence-electron chi connectivity index (χ3n) is 3.78. The van der Waals surface area contributed by atoms with Gasteiger partial charge in [0.15, 0.2) is 5.82 Å². The standard InChI is InChI=1S/C16H14N4/c1-10-13-8-17-9-14(13)20-16(19-10)15-12-5-3-2-4-11(12)6-7-18-15/h2-7,17H,8-9H2,1H3. The van der Waals surface area contributed by atoms with Crippen molar-refractivity contribution in [2.45, 2.75) is 20.0 Å². The van der Waals surface area contributed by atoms with E-state index in [9.17, 15) is 0 Å². The first-order chi connectivity index (χ1) is 9.83. The van der Waals surface area contributed by atoms with Crippen LogP contribution in [0.25, 0.3) is 22.3 Å². The molecular formula is C16H14N4. The molecule has 0 bridgehead atoms. The summed E-state index contributed by atoms with van der Waals surface area (Å²) in [6, 6.07) is 10.2. The van der Waals surface area contributed by atoms with E-state index in [4.69, 9.17) is 4.98 Å². The Balaban J connectivity index is 1.98. The highest BCUT2D eigenvalue weighted by Gasteiger charge is 2.18. The van der Waals surface area contributed by atoms with E-state index in [2.05, 4.69) is 27.4 Å². The van der Waals surface area contributed by atoms with Gasteiger partial charge in [0.2, 0.25) is 0 Å². The molecule has 0 amide bonds. The average Bonchev–Trinajstić information content (AvgIpc) is 2.95. The summed E-state index contributed by atoms with van der Waals surface area (Å²) in [5.41, 5.74) is 4.24. The molecule has 0 spiro atoms. The largest absolute Gasteiger partial charge is 0.307 e. The van der Waals surface area contributed by atoms with E-state index in [-0.39, 0.29) is 0 Å². The van der Waals surface area contributed by atoms with Crippen LogP contribution in [-0.2, 0) is 13.1 Å². The second kappa shape index (κ2) is 4.35. The minimum absolute atomic E-state index is 0.724. The van der Waals surface area contributed by atoms with Crippen LogP contribution in [0.4, 0.5) is 0 Å². The lowest BCUT2D eigenvalue weighted by molar-refractivity contribution is 0.757. The highest BCUT2D eigenvalue weighted by molar-refractivity contribution is 5.92. The van der Waals surface area contributed by atoms with Gasteiger partial charge >= 0.3 is 0 Å². The molecule has 4 heteroatoms. The van der Waals surface area contributed by atoms with Crippen LogP contribution in [0.5, 0.6) is 0 Å². The maximum absolute atomic E-state index is 4.70. The van der Waals surface area contributed by atoms with Crippen molar-refractivity contribution in [2.75, 3.05) is 0 Å². The van der Waals surface area contributed by atoms with E-state index >= 15 is 0 Å². The maximum atomic E-state index is 4.70. The first kappa shape index (κ1) is 11.5. The Morgan fingerprint density at radius 2 is 1.95 bits per heavy atom. The van der Waals surface area contributed by atoms with E-state index < -0.39 is 0 Å². The molecule has 4 nitrogen and oxygen atoms in total. The van der Waals surface area contributed by atoms with E-state index in [1.165, 1.54) is 5.56 Å². The number of fused-ring (bicyclic) bond motifs is 2. The molecule has 20 heavy (non-hydrogen) atoms. The first-order valence-electron chi connectivity index (χ1n) is 6.74. The Labute approximate surface area is 116 Å². The average molecular weight is 262 g/mol. The molecule has 1 aliphatic heterocycles. The molecule has 3 aromatic rings. The number of aryl methyl sites for hydroxylation is 1. The summed E-state index contributed by atoms with van der Waals surface area (Å²) in [6.07, 6.45) is 1.82. The number of hydrogen-bond acceptors (Lipinski definition) is 4. The summed E-state index contributed by atoms with van der Waals surface area (Å²) < 4.78 is 0. The van der Waals surface area contributed by atoms with Crippen molar-refractivity contribution in [3.63, 3.8) is 0 Å². The number of aromatic nitrogens is 3. The summed E-state index contributed by atoms with van der Waals surface area (Å²) in [7, 11) is 0. The highest BCUT2D eigenvalue weighted by atomic mass is 15.0. The van der Waals surface area contributed by atoms with E-state index in [0.29, 0.717) is 0 Å². The van der Waals surface area contributed by atoms with Gasteiger partial charge in [-0.3, -0.25) is 4.98 Å². The zero-order valence-electron chi connectivity index (χ0n) is 11.2. The van der Waals surface area contributed by atoms with Gasteiger partial charge in [0, 0.05) is 35.9 Å². The Hall–Kier alpha value is -2.33. The molecule has 98 valence electrons. The van der Waals surface area contributed by atoms with Gasteiger partial charge in [0.05, 0.1) is 5.69 Å². The maximum Gasteiger partial charge on any atom is 0.179 e. The molecule has 0 unspecified atom stereocenters. The Morgan fingerprint density at radius 3 is 2.90 bits per heavy atom. The number of pyridine rings is 1. The Kier molecular flexibility index (Phi) is 2.50. The summed E-state index contributed by atoms with van der Waals surface area (Å²) in [4.78, 5) is 13.8. The zero-order valence-corrected chi connectivity index (χ0v) is 11.2. The Bertz CT molecular complexity index is 805.